The third-order valence-corrected chi connectivity index (χ3v) is 6.41. The van der Waals surface area contributed by atoms with Crippen LogP contribution in [0.1, 0.15) is 37.7 Å². The first-order chi connectivity index (χ1) is 12.7. The van der Waals surface area contributed by atoms with Crippen molar-refractivity contribution in [3.8, 4) is 0 Å². The minimum Gasteiger partial charge on any atom is -0.372 e. The summed E-state index contributed by atoms with van der Waals surface area (Å²) in [6.07, 6.45) is 9.32. The molecule has 1 aliphatic carbocycles. The molecule has 2 N–H and O–H groups in total. The highest BCUT2D eigenvalue weighted by atomic mass is 32.2. The molecule has 8 heteroatoms. The molecular formula is C18H26N4O3S. The van der Waals surface area contributed by atoms with Gasteiger partial charge in [0, 0.05) is 18.4 Å². The molecule has 3 aliphatic rings. The van der Waals surface area contributed by atoms with Crippen molar-refractivity contribution in [2.24, 2.45) is 0 Å². The quantitative estimate of drug-likeness (QED) is 0.780. The second-order valence-electron chi connectivity index (χ2n) is 7.35. The summed E-state index contributed by atoms with van der Waals surface area (Å²) >= 11 is 1.59. The van der Waals surface area contributed by atoms with Crippen LogP contribution in [0.2, 0.25) is 0 Å². The number of urea groups is 1. The lowest BCUT2D eigenvalue weighted by Crippen LogP contribution is -2.51. The molecule has 0 spiro atoms. The number of ether oxygens (including phenoxy) is 2. The van der Waals surface area contributed by atoms with Crippen LogP contribution in [-0.2, 0) is 9.47 Å². The summed E-state index contributed by atoms with van der Waals surface area (Å²) in [5.41, 5.74) is 1.04. The van der Waals surface area contributed by atoms with E-state index < -0.39 is 0 Å². The van der Waals surface area contributed by atoms with Gasteiger partial charge >= 0.3 is 6.03 Å². The van der Waals surface area contributed by atoms with E-state index in [1.165, 1.54) is 19.3 Å². The van der Waals surface area contributed by atoms with Crippen LogP contribution >= 0.6 is 11.8 Å². The van der Waals surface area contributed by atoms with Gasteiger partial charge in [-0.25, -0.2) is 14.8 Å². The van der Waals surface area contributed by atoms with E-state index in [0.29, 0.717) is 19.3 Å². The Morgan fingerprint density at radius 2 is 1.81 bits per heavy atom. The van der Waals surface area contributed by atoms with Gasteiger partial charge in [0.25, 0.3) is 0 Å². The molecule has 7 nitrogen and oxygen atoms in total. The molecule has 3 heterocycles. The molecule has 2 saturated heterocycles. The fraction of sp³-hybridized carbons (Fsp3) is 0.722. The van der Waals surface area contributed by atoms with Gasteiger partial charge in [-0.05, 0) is 25.3 Å². The fourth-order valence-electron chi connectivity index (χ4n) is 3.91. The molecule has 26 heavy (non-hydrogen) atoms. The number of carbonyl (C=O) groups excluding carboxylic acids is 1. The molecule has 1 aromatic rings. The van der Waals surface area contributed by atoms with E-state index >= 15 is 0 Å². The summed E-state index contributed by atoms with van der Waals surface area (Å²) in [6.45, 7) is 3.04. The molecule has 4 rings (SSSR count). The Hall–Kier alpha value is -1.38. The molecule has 4 atom stereocenters. The molecule has 2 amide bonds. The van der Waals surface area contributed by atoms with Crippen LogP contribution in [0.4, 0.5) is 4.79 Å². The number of carbonyl (C=O) groups is 1. The molecule has 0 bridgehead atoms. The first-order valence-corrected chi connectivity index (χ1v) is 10.3. The summed E-state index contributed by atoms with van der Waals surface area (Å²) in [4.78, 5) is 21.0. The molecule has 1 aromatic heterocycles. The van der Waals surface area contributed by atoms with Crippen molar-refractivity contribution >= 4 is 17.8 Å². The molecule has 2 aliphatic heterocycles. The maximum atomic E-state index is 12.3. The SMILES string of the molecule is Cc1cnc(S[C@H]2CO[C@H]3[C@@H]2OC[C@@H]3NC(=O)NC2CCCCC2)nc1. The van der Waals surface area contributed by atoms with Crippen LogP contribution in [0.3, 0.4) is 0 Å². The highest BCUT2D eigenvalue weighted by Gasteiger charge is 2.48. The van der Waals surface area contributed by atoms with Gasteiger partial charge in [-0.15, -0.1) is 0 Å². The predicted molar refractivity (Wildman–Crippen MR) is 98.2 cm³/mol. The highest BCUT2D eigenvalue weighted by molar-refractivity contribution is 7.99. The van der Waals surface area contributed by atoms with E-state index in [1.54, 1.807) is 11.8 Å². The molecule has 0 unspecified atom stereocenters. The molecule has 0 radical (unpaired) electrons. The predicted octanol–water partition coefficient (Wildman–Crippen LogP) is 2.04. The van der Waals surface area contributed by atoms with Crippen molar-refractivity contribution in [1.29, 1.82) is 0 Å². The Balaban J connectivity index is 1.28. The lowest BCUT2D eigenvalue weighted by Gasteiger charge is -2.24. The van der Waals surface area contributed by atoms with Crippen molar-refractivity contribution in [2.45, 2.75) is 73.7 Å². The van der Waals surface area contributed by atoms with E-state index in [0.717, 1.165) is 23.6 Å². The fourth-order valence-corrected chi connectivity index (χ4v) is 4.92. The van der Waals surface area contributed by atoms with Gasteiger partial charge in [-0.2, -0.15) is 0 Å². The number of nitrogens with one attached hydrogen (secondary N) is 2. The van der Waals surface area contributed by atoms with E-state index in [1.807, 2.05) is 19.3 Å². The number of hydrogen-bond acceptors (Lipinski definition) is 6. The monoisotopic (exact) mass is 378 g/mol. The number of thioether (sulfide) groups is 1. The largest absolute Gasteiger partial charge is 0.372 e. The standard InChI is InChI=1S/C18H26N4O3S/c1-11-7-19-18(20-8-11)26-14-10-25-15-13(9-24-16(14)15)22-17(23)21-12-5-3-2-4-6-12/h7-8,12-16H,2-6,9-10H2,1H3,(H2,21,22,23)/t13-,14-,15+,16+/m0/s1. The van der Waals surface area contributed by atoms with Crippen LogP contribution in [0, 0.1) is 6.92 Å². The number of hydrogen-bond donors (Lipinski definition) is 2. The van der Waals surface area contributed by atoms with E-state index in [9.17, 15) is 4.79 Å². The Kier molecular flexibility index (Phi) is 5.61. The van der Waals surface area contributed by atoms with Crippen molar-refractivity contribution in [1.82, 2.24) is 20.6 Å². The zero-order valence-corrected chi connectivity index (χ0v) is 15.8. The minimum atomic E-state index is -0.104. The number of fused-ring (bicyclic) bond motifs is 1. The highest BCUT2D eigenvalue weighted by Crippen LogP contribution is 2.36. The van der Waals surface area contributed by atoms with Gasteiger partial charge in [0.05, 0.1) is 24.5 Å². The topological polar surface area (TPSA) is 85.4 Å². The van der Waals surface area contributed by atoms with Crippen LogP contribution < -0.4 is 10.6 Å². The van der Waals surface area contributed by atoms with Crippen molar-refractivity contribution in [3.63, 3.8) is 0 Å². The van der Waals surface area contributed by atoms with Gasteiger partial charge in [0.2, 0.25) is 0 Å². The molecular weight excluding hydrogens is 352 g/mol. The summed E-state index contributed by atoms with van der Waals surface area (Å²) in [5.74, 6) is 0. The first-order valence-electron chi connectivity index (χ1n) is 9.44. The molecule has 142 valence electrons. The summed E-state index contributed by atoms with van der Waals surface area (Å²) < 4.78 is 11.9. The Morgan fingerprint density at radius 1 is 1.08 bits per heavy atom. The number of amides is 2. The number of rotatable bonds is 4. The molecule has 0 aromatic carbocycles. The third-order valence-electron chi connectivity index (χ3n) is 5.28. The average Bonchev–Trinajstić information content (AvgIpc) is 3.22. The zero-order valence-electron chi connectivity index (χ0n) is 15.0. The Morgan fingerprint density at radius 3 is 2.58 bits per heavy atom. The van der Waals surface area contributed by atoms with Gasteiger partial charge in [-0.1, -0.05) is 31.0 Å². The number of aromatic nitrogens is 2. The van der Waals surface area contributed by atoms with Crippen LogP contribution in [0.25, 0.3) is 0 Å². The second-order valence-corrected chi connectivity index (χ2v) is 8.56. The van der Waals surface area contributed by atoms with E-state index in [-0.39, 0.29) is 29.5 Å². The normalized spacial score (nSPS) is 31.6. The van der Waals surface area contributed by atoms with Crippen molar-refractivity contribution < 1.29 is 14.3 Å². The Bertz CT molecular complexity index is 623. The maximum absolute atomic E-state index is 12.3. The van der Waals surface area contributed by atoms with Crippen LogP contribution in [-0.4, -0.2) is 58.8 Å². The van der Waals surface area contributed by atoms with Crippen LogP contribution in [0.5, 0.6) is 0 Å². The van der Waals surface area contributed by atoms with E-state index in [2.05, 4.69) is 20.6 Å². The third kappa shape index (κ3) is 4.13. The van der Waals surface area contributed by atoms with Crippen molar-refractivity contribution in [3.05, 3.63) is 18.0 Å². The van der Waals surface area contributed by atoms with E-state index in [4.69, 9.17) is 9.47 Å². The van der Waals surface area contributed by atoms with Crippen LogP contribution in [0.15, 0.2) is 17.6 Å². The van der Waals surface area contributed by atoms with Gasteiger partial charge in [0.15, 0.2) is 5.16 Å². The molecule has 1 saturated carbocycles. The first kappa shape index (κ1) is 18.0. The van der Waals surface area contributed by atoms with Gasteiger partial charge in [-0.3, -0.25) is 0 Å². The smallest absolute Gasteiger partial charge is 0.315 e. The van der Waals surface area contributed by atoms with Gasteiger partial charge < -0.3 is 20.1 Å². The maximum Gasteiger partial charge on any atom is 0.315 e. The summed E-state index contributed by atoms with van der Waals surface area (Å²) in [5, 5.41) is 7.03. The molecule has 3 fully saturated rings. The summed E-state index contributed by atoms with van der Waals surface area (Å²) in [7, 11) is 0. The van der Waals surface area contributed by atoms with Gasteiger partial charge in [0.1, 0.15) is 12.2 Å². The Labute approximate surface area is 158 Å². The minimum absolute atomic E-state index is 0.0371. The number of aryl methyl sites for hydroxylation is 1. The second kappa shape index (κ2) is 8.10. The number of nitrogens with zero attached hydrogens (tertiary/aromatic N) is 2. The summed E-state index contributed by atoms with van der Waals surface area (Å²) in [6, 6.07) is 0.0919. The van der Waals surface area contributed by atoms with Crippen molar-refractivity contribution in [2.75, 3.05) is 13.2 Å². The lowest BCUT2D eigenvalue weighted by molar-refractivity contribution is 0.0693. The zero-order chi connectivity index (χ0) is 17.9. The lowest BCUT2D eigenvalue weighted by atomic mass is 9.96. The average molecular weight is 378 g/mol.